The second-order valence-corrected chi connectivity index (χ2v) is 6.05. The van der Waals surface area contributed by atoms with Gasteiger partial charge in [0.25, 0.3) is 0 Å². The molecule has 0 aliphatic rings. The third-order valence-electron chi connectivity index (χ3n) is 2.50. The molecule has 1 rings (SSSR count). The van der Waals surface area contributed by atoms with Crippen molar-refractivity contribution in [1.29, 1.82) is 0 Å². The summed E-state index contributed by atoms with van der Waals surface area (Å²) in [5.41, 5.74) is 0.856. The van der Waals surface area contributed by atoms with Gasteiger partial charge in [-0.05, 0) is 13.3 Å². The van der Waals surface area contributed by atoms with Crippen LogP contribution in [0.2, 0.25) is 0 Å². The van der Waals surface area contributed by atoms with Crippen molar-refractivity contribution in [2.24, 2.45) is 0 Å². The van der Waals surface area contributed by atoms with Crippen molar-refractivity contribution in [2.45, 2.75) is 52.4 Å². The average molecular weight is 241 g/mol. The zero-order valence-corrected chi connectivity index (χ0v) is 11.3. The molecule has 1 N–H and O–H groups in total. The lowest BCUT2D eigenvalue weighted by Gasteiger charge is -2.13. The van der Waals surface area contributed by atoms with Crippen LogP contribution in [0, 0.1) is 6.92 Å². The van der Waals surface area contributed by atoms with Crippen molar-refractivity contribution in [3.63, 3.8) is 0 Å². The van der Waals surface area contributed by atoms with Gasteiger partial charge in [0.2, 0.25) is 0 Å². The van der Waals surface area contributed by atoms with Crippen molar-refractivity contribution in [3.8, 4) is 0 Å². The van der Waals surface area contributed by atoms with Crippen molar-refractivity contribution in [1.82, 2.24) is 4.98 Å². The number of aromatic nitrogens is 1. The van der Waals surface area contributed by atoms with Crippen LogP contribution in [0.1, 0.15) is 55.6 Å². The monoisotopic (exact) mass is 241 g/mol. The topological polar surface area (TPSA) is 50.2 Å². The molecule has 0 amide bonds. The molecular formula is C12H19NO2S. The van der Waals surface area contributed by atoms with E-state index in [0.29, 0.717) is 6.42 Å². The van der Waals surface area contributed by atoms with Crippen molar-refractivity contribution >= 4 is 17.3 Å². The van der Waals surface area contributed by atoms with Gasteiger partial charge in [-0.15, -0.1) is 11.3 Å². The molecular weight excluding hydrogens is 222 g/mol. The average Bonchev–Trinajstić information content (AvgIpc) is 2.48. The molecule has 1 heterocycles. The number of aliphatic carboxylic acids is 1. The number of carbonyl (C=O) groups is 1. The van der Waals surface area contributed by atoms with Crippen LogP contribution in [-0.4, -0.2) is 16.1 Å². The van der Waals surface area contributed by atoms with Gasteiger partial charge in [-0.2, -0.15) is 0 Å². The molecule has 0 aliphatic heterocycles. The van der Waals surface area contributed by atoms with E-state index >= 15 is 0 Å². The van der Waals surface area contributed by atoms with E-state index in [0.717, 1.165) is 15.6 Å². The van der Waals surface area contributed by atoms with Gasteiger partial charge in [0.15, 0.2) is 0 Å². The second kappa shape index (κ2) is 4.53. The molecule has 3 nitrogen and oxygen atoms in total. The quantitative estimate of drug-likeness (QED) is 0.883. The minimum absolute atomic E-state index is 0.00945. The first-order valence-electron chi connectivity index (χ1n) is 5.48. The minimum atomic E-state index is -0.755. The van der Waals surface area contributed by atoms with E-state index in [1.54, 1.807) is 0 Å². The number of thiazole rings is 1. The Labute approximate surface area is 101 Å². The molecule has 0 fully saturated rings. The van der Waals surface area contributed by atoms with Crippen LogP contribution < -0.4 is 0 Å². The Balaban J connectivity index is 3.15. The summed E-state index contributed by atoms with van der Waals surface area (Å²) in [5, 5.41) is 10.2. The Morgan fingerprint density at radius 1 is 1.50 bits per heavy atom. The number of carboxylic acids is 1. The minimum Gasteiger partial charge on any atom is -0.481 e. The van der Waals surface area contributed by atoms with Crippen molar-refractivity contribution in [3.05, 3.63) is 15.6 Å². The van der Waals surface area contributed by atoms with E-state index in [2.05, 4.69) is 25.8 Å². The maximum absolute atomic E-state index is 11.1. The van der Waals surface area contributed by atoms with Gasteiger partial charge in [0.1, 0.15) is 0 Å². The molecule has 1 unspecified atom stereocenters. The highest BCUT2D eigenvalue weighted by atomic mass is 32.1. The molecule has 1 aromatic heterocycles. The summed E-state index contributed by atoms with van der Waals surface area (Å²) in [7, 11) is 0. The standard InChI is InChI=1S/C12H19NO2S/c1-6-8(10(14)15)9-7(2)13-11(16-9)12(3,4)5/h8H,6H2,1-5H3,(H,14,15). The summed E-state index contributed by atoms with van der Waals surface area (Å²) in [6.45, 7) is 10.1. The van der Waals surface area contributed by atoms with Gasteiger partial charge in [0.05, 0.1) is 16.6 Å². The molecule has 90 valence electrons. The molecule has 0 spiro atoms. The highest BCUT2D eigenvalue weighted by Crippen LogP contribution is 2.34. The smallest absolute Gasteiger partial charge is 0.311 e. The molecule has 0 bridgehead atoms. The Bertz CT molecular complexity index is 390. The maximum atomic E-state index is 11.1. The highest BCUT2D eigenvalue weighted by molar-refractivity contribution is 7.12. The van der Waals surface area contributed by atoms with E-state index in [1.165, 1.54) is 11.3 Å². The molecule has 4 heteroatoms. The fourth-order valence-corrected chi connectivity index (χ4v) is 2.82. The van der Waals surface area contributed by atoms with Gasteiger partial charge >= 0.3 is 5.97 Å². The number of nitrogens with zero attached hydrogens (tertiary/aromatic N) is 1. The van der Waals surface area contributed by atoms with Gasteiger partial charge in [-0.25, -0.2) is 4.98 Å². The van der Waals surface area contributed by atoms with E-state index in [1.807, 2.05) is 13.8 Å². The zero-order valence-electron chi connectivity index (χ0n) is 10.5. The normalized spacial score (nSPS) is 13.8. The Morgan fingerprint density at radius 3 is 2.38 bits per heavy atom. The molecule has 0 radical (unpaired) electrons. The Kier molecular flexibility index (Phi) is 3.73. The second-order valence-electron chi connectivity index (χ2n) is 5.02. The molecule has 0 aliphatic carbocycles. The summed E-state index contributed by atoms with van der Waals surface area (Å²) in [6, 6.07) is 0. The first-order valence-corrected chi connectivity index (χ1v) is 6.29. The first kappa shape index (κ1) is 13.2. The van der Waals surface area contributed by atoms with Crippen molar-refractivity contribution in [2.75, 3.05) is 0 Å². The molecule has 0 saturated heterocycles. The summed E-state index contributed by atoms with van der Waals surface area (Å²) in [4.78, 5) is 16.5. The lowest BCUT2D eigenvalue weighted by Crippen LogP contribution is -2.10. The maximum Gasteiger partial charge on any atom is 0.311 e. The predicted octanol–water partition coefficient (Wildman–Crippen LogP) is 3.33. The lowest BCUT2D eigenvalue weighted by molar-refractivity contribution is -0.138. The third kappa shape index (κ3) is 2.61. The van der Waals surface area contributed by atoms with Crippen LogP contribution >= 0.6 is 11.3 Å². The number of hydrogen-bond acceptors (Lipinski definition) is 3. The summed E-state index contributed by atoms with van der Waals surface area (Å²) < 4.78 is 0. The third-order valence-corrected chi connectivity index (χ3v) is 4.19. The van der Waals surface area contributed by atoms with E-state index in [9.17, 15) is 4.79 Å². The SMILES string of the molecule is CCC(C(=O)O)c1sc(C(C)(C)C)nc1C. The largest absolute Gasteiger partial charge is 0.481 e. The van der Waals surface area contributed by atoms with Crippen LogP contribution in [0.25, 0.3) is 0 Å². The zero-order chi connectivity index (χ0) is 12.5. The summed E-state index contributed by atoms with van der Waals surface area (Å²) >= 11 is 1.54. The first-order chi connectivity index (χ1) is 7.27. The molecule has 1 aromatic rings. The highest BCUT2D eigenvalue weighted by Gasteiger charge is 2.26. The number of aryl methyl sites for hydroxylation is 1. The fourth-order valence-electron chi connectivity index (χ4n) is 1.52. The lowest BCUT2D eigenvalue weighted by atomic mass is 9.98. The Hall–Kier alpha value is -0.900. The summed E-state index contributed by atoms with van der Waals surface area (Å²) in [5.74, 6) is -1.16. The Morgan fingerprint density at radius 2 is 2.06 bits per heavy atom. The molecule has 0 aromatic carbocycles. The van der Waals surface area contributed by atoms with Crippen LogP contribution in [0.15, 0.2) is 0 Å². The molecule has 1 atom stereocenters. The van der Waals surface area contributed by atoms with Gasteiger partial charge < -0.3 is 5.11 Å². The van der Waals surface area contributed by atoms with E-state index < -0.39 is 11.9 Å². The number of carboxylic acid groups (broad SMARTS) is 1. The van der Waals surface area contributed by atoms with Crippen LogP contribution in [0.5, 0.6) is 0 Å². The van der Waals surface area contributed by atoms with Crippen LogP contribution in [0.3, 0.4) is 0 Å². The van der Waals surface area contributed by atoms with Crippen molar-refractivity contribution < 1.29 is 9.90 Å². The summed E-state index contributed by atoms with van der Waals surface area (Å²) in [6.07, 6.45) is 0.613. The fraction of sp³-hybridized carbons (Fsp3) is 0.667. The number of hydrogen-bond donors (Lipinski definition) is 1. The number of rotatable bonds is 3. The molecule has 16 heavy (non-hydrogen) atoms. The van der Waals surface area contributed by atoms with Gasteiger partial charge in [0, 0.05) is 10.3 Å². The van der Waals surface area contributed by atoms with E-state index in [4.69, 9.17) is 5.11 Å². The van der Waals surface area contributed by atoms with Crippen LogP contribution in [-0.2, 0) is 10.2 Å². The predicted molar refractivity (Wildman–Crippen MR) is 66.2 cm³/mol. The van der Waals surface area contributed by atoms with E-state index in [-0.39, 0.29) is 5.41 Å². The molecule has 0 saturated carbocycles. The van der Waals surface area contributed by atoms with Crippen LogP contribution in [0.4, 0.5) is 0 Å². The van der Waals surface area contributed by atoms with Gasteiger partial charge in [-0.3, -0.25) is 4.79 Å². The van der Waals surface area contributed by atoms with Gasteiger partial charge in [-0.1, -0.05) is 27.7 Å².